The predicted molar refractivity (Wildman–Crippen MR) is 67.0 cm³/mol. The maximum atomic E-state index is 13.0. The molecule has 0 unspecified atom stereocenters. The quantitative estimate of drug-likeness (QED) is 0.910. The first-order valence-electron chi connectivity index (χ1n) is 5.76. The molecule has 0 saturated heterocycles. The Bertz CT molecular complexity index is 674. The van der Waals surface area contributed by atoms with Crippen molar-refractivity contribution in [3.05, 3.63) is 45.7 Å². The highest BCUT2D eigenvalue weighted by Crippen LogP contribution is 2.30. The van der Waals surface area contributed by atoms with Crippen LogP contribution in [0.1, 0.15) is 11.3 Å². The Morgan fingerprint density at radius 2 is 1.95 bits per heavy atom. The molecule has 2 rings (SSSR count). The summed E-state index contributed by atoms with van der Waals surface area (Å²) in [5, 5.41) is 0.279. The second-order valence-electron chi connectivity index (χ2n) is 4.35. The smallest absolute Gasteiger partial charge is 0.335 e. The zero-order valence-corrected chi connectivity index (χ0v) is 10.3. The van der Waals surface area contributed by atoms with E-state index in [0.717, 1.165) is 10.1 Å². The molecule has 102 valence electrons. The lowest BCUT2D eigenvalue weighted by Gasteiger charge is -2.18. The van der Waals surface area contributed by atoms with Gasteiger partial charge in [0.1, 0.15) is 5.69 Å². The van der Waals surface area contributed by atoms with E-state index in [1.54, 1.807) is 19.1 Å². The van der Waals surface area contributed by atoms with E-state index in [2.05, 4.69) is 0 Å². The van der Waals surface area contributed by atoms with Crippen molar-refractivity contribution in [1.82, 2.24) is 4.57 Å². The summed E-state index contributed by atoms with van der Waals surface area (Å²) in [4.78, 5) is 11.8. The number of aromatic nitrogens is 1. The molecule has 6 heteroatoms. The first kappa shape index (κ1) is 13.6. The molecule has 0 fully saturated rings. The number of aryl methyl sites for hydroxylation is 1. The summed E-state index contributed by atoms with van der Waals surface area (Å²) >= 11 is 0. The monoisotopic (exact) mass is 270 g/mol. The maximum absolute atomic E-state index is 13.0. The van der Waals surface area contributed by atoms with Gasteiger partial charge in [-0.2, -0.15) is 13.2 Å². The highest BCUT2D eigenvalue weighted by Gasteiger charge is 2.34. The summed E-state index contributed by atoms with van der Waals surface area (Å²) < 4.78 is 39.9. The number of hydrogen-bond donors (Lipinski definition) is 1. The van der Waals surface area contributed by atoms with Gasteiger partial charge in [-0.25, -0.2) is 0 Å². The van der Waals surface area contributed by atoms with E-state index < -0.39 is 17.3 Å². The van der Waals surface area contributed by atoms with E-state index in [1.807, 2.05) is 0 Å². The van der Waals surface area contributed by atoms with Crippen LogP contribution in [-0.2, 0) is 12.7 Å². The van der Waals surface area contributed by atoms with Crippen molar-refractivity contribution in [2.75, 3.05) is 6.54 Å². The molecule has 3 nitrogen and oxygen atoms in total. The van der Waals surface area contributed by atoms with Gasteiger partial charge >= 0.3 is 6.18 Å². The van der Waals surface area contributed by atoms with E-state index in [-0.39, 0.29) is 24.0 Å². The molecule has 2 aromatic rings. The Balaban J connectivity index is 2.88. The van der Waals surface area contributed by atoms with Gasteiger partial charge in [-0.1, -0.05) is 11.6 Å². The topological polar surface area (TPSA) is 48.0 Å². The van der Waals surface area contributed by atoms with Gasteiger partial charge < -0.3 is 10.3 Å². The van der Waals surface area contributed by atoms with Gasteiger partial charge in [0, 0.05) is 24.5 Å². The summed E-state index contributed by atoms with van der Waals surface area (Å²) in [6, 6.07) is 5.42. The summed E-state index contributed by atoms with van der Waals surface area (Å²) in [6.45, 7) is 1.85. The molecule has 0 aliphatic heterocycles. The fourth-order valence-electron chi connectivity index (χ4n) is 2.10. The summed E-state index contributed by atoms with van der Waals surface area (Å²) in [7, 11) is 0. The average Bonchev–Trinajstić information content (AvgIpc) is 2.31. The van der Waals surface area contributed by atoms with Crippen molar-refractivity contribution in [3.8, 4) is 0 Å². The average molecular weight is 270 g/mol. The van der Waals surface area contributed by atoms with Crippen LogP contribution in [0.5, 0.6) is 0 Å². The van der Waals surface area contributed by atoms with Gasteiger partial charge in [0.25, 0.3) is 0 Å². The van der Waals surface area contributed by atoms with Crippen molar-refractivity contribution < 1.29 is 13.2 Å². The third-order valence-corrected chi connectivity index (χ3v) is 2.91. The van der Waals surface area contributed by atoms with E-state index in [1.165, 1.54) is 6.07 Å². The Kier molecular flexibility index (Phi) is 3.36. The Labute approximate surface area is 107 Å². The molecule has 0 bridgehead atoms. The lowest BCUT2D eigenvalue weighted by Crippen LogP contribution is -2.24. The van der Waals surface area contributed by atoms with Crippen LogP contribution in [0.15, 0.2) is 29.1 Å². The number of halogens is 3. The van der Waals surface area contributed by atoms with Gasteiger partial charge in [0.05, 0.1) is 5.52 Å². The Hall–Kier alpha value is -1.82. The second kappa shape index (κ2) is 4.70. The summed E-state index contributed by atoms with van der Waals surface area (Å²) in [5.74, 6) is 0. The minimum Gasteiger partial charge on any atom is -0.335 e. The zero-order chi connectivity index (χ0) is 14.2. The Morgan fingerprint density at radius 1 is 1.26 bits per heavy atom. The highest BCUT2D eigenvalue weighted by molar-refractivity contribution is 5.80. The summed E-state index contributed by atoms with van der Waals surface area (Å²) in [6.07, 6.45) is -4.58. The fraction of sp³-hybridized carbons (Fsp3) is 0.308. The molecule has 1 aromatic carbocycles. The lowest BCUT2D eigenvalue weighted by atomic mass is 10.1. The van der Waals surface area contributed by atoms with Crippen molar-refractivity contribution in [2.24, 2.45) is 5.73 Å². The largest absolute Gasteiger partial charge is 0.431 e. The summed E-state index contributed by atoms with van der Waals surface area (Å²) in [5.41, 5.74) is 4.86. The number of hydrogen-bond acceptors (Lipinski definition) is 2. The second-order valence-corrected chi connectivity index (χ2v) is 4.35. The molecular formula is C13H13F3N2O. The minimum absolute atomic E-state index is 0.00862. The lowest BCUT2D eigenvalue weighted by molar-refractivity contribution is -0.143. The molecule has 19 heavy (non-hydrogen) atoms. The first-order chi connectivity index (χ1) is 8.84. The van der Waals surface area contributed by atoms with E-state index in [9.17, 15) is 18.0 Å². The van der Waals surface area contributed by atoms with Crippen molar-refractivity contribution in [2.45, 2.75) is 19.6 Å². The molecule has 0 atom stereocenters. The minimum atomic E-state index is -4.58. The van der Waals surface area contributed by atoms with Gasteiger partial charge in [0.2, 0.25) is 0 Å². The molecule has 1 heterocycles. The predicted octanol–water partition coefficient (Wildman–Crippen LogP) is 2.29. The van der Waals surface area contributed by atoms with Crippen LogP contribution in [0, 0.1) is 6.92 Å². The van der Waals surface area contributed by atoms with Crippen LogP contribution in [0.3, 0.4) is 0 Å². The molecule has 0 radical (unpaired) electrons. The van der Waals surface area contributed by atoms with Crippen molar-refractivity contribution >= 4 is 10.9 Å². The molecule has 0 aliphatic carbocycles. The molecule has 2 N–H and O–H groups in total. The number of alkyl halides is 3. The molecule has 0 saturated carbocycles. The number of benzene rings is 1. The molecular weight excluding hydrogens is 257 g/mol. The SMILES string of the molecule is Cc1ccc2c(c1)c(=O)cc(C(F)(F)F)n2CCN. The van der Waals surface area contributed by atoms with Crippen molar-refractivity contribution in [3.63, 3.8) is 0 Å². The molecule has 0 amide bonds. The number of rotatable bonds is 2. The number of fused-ring (bicyclic) bond motifs is 1. The number of nitrogens with two attached hydrogens (primary N) is 1. The van der Waals surface area contributed by atoms with Gasteiger partial charge in [-0.3, -0.25) is 4.79 Å². The van der Waals surface area contributed by atoms with Crippen molar-refractivity contribution in [1.29, 1.82) is 0 Å². The van der Waals surface area contributed by atoms with Gasteiger partial charge in [0.15, 0.2) is 5.43 Å². The number of nitrogens with zero attached hydrogens (tertiary/aromatic N) is 1. The van der Waals surface area contributed by atoms with E-state index >= 15 is 0 Å². The third kappa shape index (κ3) is 2.49. The fourth-order valence-corrected chi connectivity index (χ4v) is 2.10. The molecule has 0 aliphatic rings. The van der Waals surface area contributed by atoms with Crippen LogP contribution >= 0.6 is 0 Å². The standard InChI is InChI=1S/C13H13F3N2O/c1-8-2-3-10-9(6-8)11(19)7-12(13(14,15)16)18(10)5-4-17/h2-3,6-7H,4-5,17H2,1H3. The van der Waals surface area contributed by atoms with Gasteiger partial charge in [-0.05, 0) is 19.1 Å². The maximum Gasteiger partial charge on any atom is 0.431 e. The highest BCUT2D eigenvalue weighted by atomic mass is 19.4. The third-order valence-electron chi connectivity index (χ3n) is 2.91. The van der Waals surface area contributed by atoms with E-state index in [4.69, 9.17) is 5.73 Å². The normalized spacial score (nSPS) is 12.1. The zero-order valence-electron chi connectivity index (χ0n) is 10.3. The van der Waals surface area contributed by atoms with E-state index in [0.29, 0.717) is 6.07 Å². The molecule has 1 aromatic heterocycles. The number of pyridine rings is 1. The van der Waals surface area contributed by atoms with Gasteiger partial charge in [-0.15, -0.1) is 0 Å². The van der Waals surface area contributed by atoms with Crippen LogP contribution in [-0.4, -0.2) is 11.1 Å². The van der Waals surface area contributed by atoms with Crippen LogP contribution in [0.2, 0.25) is 0 Å². The Morgan fingerprint density at radius 3 is 2.53 bits per heavy atom. The first-order valence-corrected chi connectivity index (χ1v) is 5.76. The van der Waals surface area contributed by atoms with Crippen LogP contribution in [0.25, 0.3) is 10.9 Å². The van der Waals surface area contributed by atoms with Crippen LogP contribution in [0.4, 0.5) is 13.2 Å². The molecule has 0 spiro atoms. The van der Waals surface area contributed by atoms with Crippen LogP contribution < -0.4 is 11.2 Å².